The van der Waals surface area contributed by atoms with Gasteiger partial charge in [-0.1, -0.05) is 61.3 Å². The van der Waals surface area contributed by atoms with E-state index in [1.807, 2.05) is 0 Å². The van der Waals surface area contributed by atoms with Crippen molar-refractivity contribution in [3.8, 4) is 0 Å². The van der Waals surface area contributed by atoms with E-state index in [1.54, 1.807) is 6.92 Å². The van der Waals surface area contributed by atoms with Crippen molar-refractivity contribution in [3.63, 3.8) is 0 Å². The lowest BCUT2D eigenvalue weighted by Crippen LogP contribution is -1.98. The van der Waals surface area contributed by atoms with Crippen molar-refractivity contribution >= 4 is 5.78 Å². The Morgan fingerprint density at radius 1 is 0.933 bits per heavy atom. The van der Waals surface area contributed by atoms with Gasteiger partial charge in [-0.15, -0.1) is 0 Å². The molecule has 0 spiro atoms. The molecule has 1 atom stereocenters. The minimum atomic E-state index is 0. The van der Waals surface area contributed by atoms with Crippen LogP contribution in [0.4, 0.5) is 0 Å². The lowest BCUT2D eigenvalue weighted by atomic mass is 10.0. The summed E-state index contributed by atoms with van der Waals surface area (Å²) in [5.74, 6) is 1.82. The normalized spacial score (nSPS) is 11.1. The van der Waals surface area contributed by atoms with Crippen LogP contribution < -0.4 is 0 Å². The molecule has 0 N–H and O–H groups in total. The summed E-state index contributed by atoms with van der Waals surface area (Å²) < 4.78 is 0. The van der Waals surface area contributed by atoms with Crippen molar-refractivity contribution in [1.29, 1.82) is 0 Å². The first-order chi connectivity index (χ1) is 6.47. The zero-order chi connectivity index (χ0) is 11.6. The van der Waals surface area contributed by atoms with Crippen LogP contribution in [0.3, 0.4) is 0 Å². The number of hydrogen-bond acceptors (Lipinski definition) is 1. The molecule has 0 saturated heterocycles. The SMILES string of the molecule is C.CCC(C)CC.CC[C@@H](C)CC(C)=O. The molecule has 15 heavy (non-hydrogen) atoms. The topological polar surface area (TPSA) is 17.1 Å². The third-order valence-electron chi connectivity index (χ3n) is 2.73. The molecular formula is C14H32O. The highest BCUT2D eigenvalue weighted by atomic mass is 16.1. The molecule has 0 aromatic heterocycles. The van der Waals surface area contributed by atoms with Crippen molar-refractivity contribution in [3.05, 3.63) is 0 Å². The van der Waals surface area contributed by atoms with Gasteiger partial charge in [0, 0.05) is 6.42 Å². The van der Waals surface area contributed by atoms with Crippen LogP contribution in [0.2, 0.25) is 0 Å². The molecule has 0 aromatic carbocycles. The second-order valence-electron chi connectivity index (χ2n) is 4.34. The number of hydrogen-bond donors (Lipinski definition) is 0. The summed E-state index contributed by atoms with van der Waals surface area (Å²) in [4.78, 5) is 10.4. The molecule has 0 amide bonds. The van der Waals surface area contributed by atoms with Crippen molar-refractivity contribution in [2.24, 2.45) is 11.8 Å². The van der Waals surface area contributed by atoms with E-state index < -0.39 is 0 Å². The Morgan fingerprint density at radius 3 is 1.33 bits per heavy atom. The van der Waals surface area contributed by atoms with Crippen LogP contribution in [0.15, 0.2) is 0 Å². The number of carbonyl (C=O) groups excluding carboxylic acids is 1. The fourth-order valence-electron chi connectivity index (χ4n) is 0.924. The minimum Gasteiger partial charge on any atom is -0.300 e. The molecule has 0 aromatic rings. The quantitative estimate of drug-likeness (QED) is 0.625. The maximum Gasteiger partial charge on any atom is 0.130 e. The van der Waals surface area contributed by atoms with Crippen LogP contribution in [0, 0.1) is 11.8 Å². The molecule has 94 valence electrons. The number of Topliss-reactive ketones (excluding diaryl/α,β-unsaturated/α-hetero) is 1. The number of ketones is 1. The fourth-order valence-corrected chi connectivity index (χ4v) is 0.924. The van der Waals surface area contributed by atoms with Gasteiger partial charge in [-0.05, 0) is 18.8 Å². The van der Waals surface area contributed by atoms with E-state index in [2.05, 4.69) is 34.6 Å². The molecule has 0 rings (SSSR count). The minimum absolute atomic E-state index is 0. The van der Waals surface area contributed by atoms with Gasteiger partial charge in [0.1, 0.15) is 5.78 Å². The van der Waals surface area contributed by atoms with Gasteiger partial charge in [0.15, 0.2) is 0 Å². The second kappa shape index (κ2) is 13.7. The van der Waals surface area contributed by atoms with Crippen molar-refractivity contribution in [2.45, 2.75) is 74.7 Å². The molecule has 0 fully saturated rings. The Balaban J connectivity index is -0.000000187. The van der Waals surface area contributed by atoms with Gasteiger partial charge in [0.2, 0.25) is 0 Å². The third kappa shape index (κ3) is 19.9. The molecule has 0 aliphatic rings. The highest BCUT2D eigenvalue weighted by Gasteiger charge is 2.00. The molecule has 1 nitrogen and oxygen atoms in total. The molecule has 0 bridgehead atoms. The first kappa shape index (κ1) is 20.1. The van der Waals surface area contributed by atoms with Gasteiger partial charge in [-0.2, -0.15) is 0 Å². The average molecular weight is 216 g/mol. The standard InChI is InChI=1S/C7H14O.C6H14.CH4/c1-4-6(2)5-7(3)8;1-4-6(3)5-2;/h6H,4-5H2,1-3H3;6H,4-5H2,1-3H3;1H4/t6-;;/m1../s1. The third-order valence-corrected chi connectivity index (χ3v) is 2.73. The molecule has 0 heterocycles. The predicted octanol–water partition coefficient (Wildman–Crippen LogP) is 5.09. The Labute approximate surface area is 97.7 Å². The highest BCUT2D eigenvalue weighted by molar-refractivity contribution is 5.75. The molecule has 0 aliphatic heterocycles. The first-order valence-electron chi connectivity index (χ1n) is 5.97. The number of carbonyl (C=O) groups is 1. The van der Waals surface area contributed by atoms with Crippen LogP contribution in [-0.2, 0) is 4.79 Å². The lowest BCUT2D eigenvalue weighted by Gasteiger charge is -2.01. The zero-order valence-corrected chi connectivity index (χ0v) is 10.9. The van der Waals surface area contributed by atoms with Gasteiger partial charge in [0.05, 0.1) is 0 Å². The maximum absolute atomic E-state index is 10.4. The largest absolute Gasteiger partial charge is 0.300 e. The molecule has 0 saturated carbocycles. The molecule has 0 radical (unpaired) electrons. The Hall–Kier alpha value is -0.330. The molecule has 0 unspecified atom stereocenters. The highest BCUT2D eigenvalue weighted by Crippen LogP contribution is 2.05. The zero-order valence-electron chi connectivity index (χ0n) is 10.9. The van der Waals surface area contributed by atoms with E-state index in [1.165, 1.54) is 12.8 Å². The fraction of sp³-hybridized carbons (Fsp3) is 0.929. The Morgan fingerprint density at radius 2 is 1.27 bits per heavy atom. The van der Waals surface area contributed by atoms with Gasteiger partial charge in [-0.25, -0.2) is 0 Å². The molecular weight excluding hydrogens is 184 g/mol. The summed E-state index contributed by atoms with van der Waals surface area (Å²) in [6.07, 6.45) is 4.52. The van der Waals surface area contributed by atoms with Gasteiger partial charge in [-0.3, -0.25) is 0 Å². The van der Waals surface area contributed by atoms with Gasteiger partial charge >= 0.3 is 0 Å². The molecule has 0 aliphatic carbocycles. The summed E-state index contributed by atoms with van der Waals surface area (Å²) in [6, 6.07) is 0. The van der Waals surface area contributed by atoms with Crippen LogP contribution in [0.5, 0.6) is 0 Å². The summed E-state index contributed by atoms with van der Waals surface area (Å²) in [5, 5.41) is 0. The van der Waals surface area contributed by atoms with E-state index >= 15 is 0 Å². The van der Waals surface area contributed by atoms with Crippen LogP contribution in [-0.4, -0.2) is 5.78 Å². The van der Waals surface area contributed by atoms with Crippen molar-refractivity contribution in [1.82, 2.24) is 0 Å². The smallest absolute Gasteiger partial charge is 0.130 e. The van der Waals surface area contributed by atoms with E-state index in [9.17, 15) is 4.79 Å². The maximum atomic E-state index is 10.4. The lowest BCUT2D eigenvalue weighted by molar-refractivity contribution is -0.117. The predicted molar refractivity (Wildman–Crippen MR) is 71.2 cm³/mol. The first-order valence-corrected chi connectivity index (χ1v) is 5.97. The van der Waals surface area contributed by atoms with E-state index in [4.69, 9.17) is 0 Å². The van der Waals surface area contributed by atoms with Gasteiger partial charge in [0.25, 0.3) is 0 Å². The summed E-state index contributed by atoms with van der Waals surface area (Å²) in [7, 11) is 0. The Kier molecular flexibility index (Phi) is 18.3. The van der Waals surface area contributed by atoms with E-state index in [0.717, 1.165) is 18.8 Å². The van der Waals surface area contributed by atoms with E-state index in [0.29, 0.717) is 11.7 Å². The van der Waals surface area contributed by atoms with E-state index in [-0.39, 0.29) is 7.43 Å². The van der Waals surface area contributed by atoms with Crippen LogP contribution in [0.25, 0.3) is 0 Å². The summed E-state index contributed by atoms with van der Waals surface area (Å²) >= 11 is 0. The monoisotopic (exact) mass is 216 g/mol. The summed E-state index contributed by atoms with van der Waals surface area (Å²) in [5.41, 5.74) is 0. The average Bonchev–Trinajstić information content (AvgIpc) is 2.16. The van der Waals surface area contributed by atoms with Gasteiger partial charge < -0.3 is 4.79 Å². The van der Waals surface area contributed by atoms with Crippen molar-refractivity contribution < 1.29 is 4.79 Å². The Bertz CT molecular complexity index is 125. The summed E-state index contributed by atoms with van der Waals surface area (Å²) in [6.45, 7) is 12.6. The van der Waals surface area contributed by atoms with Crippen LogP contribution >= 0.6 is 0 Å². The second-order valence-corrected chi connectivity index (χ2v) is 4.34. The molecule has 1 heteroatoms. The number of rotatable bonds is 5. The van der Waals surface area contributed by atoms with Crippen LogP contribution in [0.1, 0.15) is 74.7 Å². The van der Waals surface area contributed by atoms with Crippen molar-refractivity contribution in [2.75, 3.05) is 0 Å².